The molecule has 0 atom stereocenters. The second-order valence-electron chi connectivity index (χ2n) is 7.24. The number of fused-ring (bicyclic) bond motifs is 1. The fourth-order valence-corrected chi connectivity index (χ4v) is 3.56. The summed E-state index contributed by atoms with van der Waals surface area (Å²) in [5.74, 6) is -0.983. The lowest BCUT2D eigenvalue weighted by Gasteiger charge is -2.35. The SMILES string of the molecule is CCN1CCN(c2ccc(NC(=O)COC(=O)c3cc4ccccc4o3)cc2)CC1. The lowest BCUT2D eigenvalue weighted by atomic mass is 10.2. The predicted molar refractivity (Wildman–Crippen MR) is 116 cm³/mol. The predicted octanol–water partition coefficient (Wildman–Crippen LogP) is 3.37. The molecule has 1 aromatic heterocycles. The van der Waals surface area contributed by atoms with Gasteiger partial charge in [0.05, 0.1) is 0 Å². The molecule has 0 radical (unpaired) electrons. The molecule has 1 aliphatic rings. The zero-order valence-electron chi connectivity index (χ0n) is 17.0. The number of carbonyl (C=O) groups is 2. The van der Waals surface area contributed by atoms with Crippen LogP contribution in [0.4, 0.5) is 11.4 Å². The number of anilines is 2. The molecule has 1 N–H and O–H groups in total. The highest BCUT2D eigenvalue weighted by Gasteiger charge is 2.17. The Labute approximate surface area is 175 Å². The number of likely N-dealkylation sites (N-methyl/N-ethyl adjacent to an activating group) is 1. The number of nitrogens with zero attached hydrogens (tertiary/aromatic N) is 2. The van der Waals surface area contributed by atoms with Crippen molar-refractivity contribution in [1.29, 1.82) is 0 Å². The van der Waals surface area contributed by atoms with Crippen LogP contribution >= 0.6 is 0 Å². The van der Waals surface area contributed by atoms with Crippen molar-refractivity contribution in [2.75, 3.05) is 49.5 Å². The van der Waals surface area contributed by atoms with Gasteiger partial charge in [0, 0.05) is 42.9 Å². The molecule has 1 fully saturated rings. The third-order valence-electron chi connectivity index (χ3n) is 5.30. The van der Waals surface area contributed by atoms with Crippen LogP contribution in [0.15, 0.2) is 59.0 Å². The Morgan fingerprint density at radius 2 is 1.77 bits per heavy atom. The van der Waals surface area contributed by atoms with Gasteiger partial charge in [-0.15, -0.1) is 0 Å². The number of para-hydroxylation sites is 1. The average molecular weight is 407 g/mol. The number of carbonyl (C=O) groups excluding carboxylic acids is 2. The molecule has 7 nitrogen and oxygen atoms in total. The van der Waals surface area contributed by atoms with Crippen molar-refractivity contribution in [1.82, 2.24) is 4.90 Å². The van der Waals surface area contributed by atoms with Crippen molar-refractivity contribution in [2.24, 2.45) is 0 Å². The largest absolute Gasteiger partial charge is 0.450 e. The number of amides is 1. The van der Waals surface area contributed by atoms with E-state index in [0.717, 1.165) is 43.8 Å². The number of hydrogen-bond acceptors (Lipinski definition) is 6. The average Bonchev–Trinajstić information content (AvgIpc) is 3.22. The van der Waals surface area contributed by atoms with Crippen LogP contribution in [-0.4, -0.2) is 56.1 Å². The third-order valence-corrected chi connectivity index (χ3v) is 5.30. The van der Waals surface area contributed by atoms with Crippen LogP contribution in [-0.2, 0) is 9.53 Å². The van der Waals surface area contributed by atoms with Gasteiger partial charge >= 0.3 is 5.97 Å². The zero-order valence-corrected chi connectivity index (χ0v) is 17.0. The van der Waals surface area contributed by atoms with Gasteiger partial charge in [-0.2, -0.15) is 0 Å². The van der Waals surface area contributed by atoms with Gasteiger partial charge < -0.3 is 24.3 Å². The Morgan fingerprint density at radius 1 is 1.03 bits per heavy atom. The molecule has 7 heteroatoms. The van der Waals surface area contributed by atoms with Crippen LogP contribution in [0.25, 0.3) is 11.0 Å². The normalized spacial score (nSPS) is 14.6. The summed E-state index contributed by atoms with van der Waals surface area (Å²) in [7, 11) is 0. The smallest absolute Gasteiger partial charge is 0.374 e. The number of piperazine rings is 1. The van der Waals surface area contributed by atoms with Gasteiger partial charge in [0.25, 0.3) is 5.91 Å². The highest BCUT2D eigenvalue weighted by Crippen LogP contribution is 2.21. The molecule has 1 saturated heterocycles. The summed E-state index contributed by atoms with van der Waals surface area (Å²) in [4.78, 5) is 29.0. The number of benzene rings is 2. The van der Waals surface area contributed by atoms with Crippen molar-refractivity contribution < 1.29 is 18.7 Å². The zero-order chi connectivity index (χ0) is 20.9. The molecule has 2 heterocycles. The maximum atomic E-state index is 12.1. The number of esters is 1. The Kier molecular flexibility index (Phi) is 5.99. The molecule has 0 aliphatic carbocycles. The second kappa shape index (κ2) is 9.00. The Bertz CT molecular complexity index is 987. The number of furan rings is 1. The van der Waals surface area contributed by atoms with E-state index < -0.39 is 11.9 Å². The van der Waals surface area contributed by atoms with Crippen LogP contribution in [0.5, 0.6) is 0 Å². The maximum absolute atomic E-state index is 12.1. The van der Waals surface area contributed by atoms with E-state index in [1.807, 2.05) is 42.5 Å². The van der Waals surface area contributed by atoms with Crippen molar-refractivity contribution in [3.8, 4) is 0 Å². The first kappa shape index (κ1) is 20.0. The van der Waals surface area contributed by atoms with E-state index in [9.17, 15) is 9.59 Å². The van der Waals surface area contributed by atoms with Crippen molar-refractivity contribution in [3.63, 3.8) is 0 Å². The second-order valence-corrected chi connectivity index (χ2v) is 7.24. The molecule has 1 aliphatic heterocycles. The molecule has 0 spiro atoms. The monoisotopic (exact) mass is 407 g/mol. The Hall–Kier alpha value is -3.32. The molecule has 1 amide bonds. The van der Waals surface area contributed by atoms with Crippen molar-refractivity contribution in [2.45, 2.75) is 6.92 Å². The summed E-state index contributed by atoms with van der Waals surface area (Å²) in [6.45, 7) is 7.00. The van der Waals surface area contributed by atoms with Crippen LogP contribution < -0.4 is 10.2 Å². The minimum absolute atomic E-state index is 0.0801. The number of nitrogens with one attached hydrogen (secondary N) is 1. The Morgan fingerprint density at radius 3 is 2.47 bits per heavy atom. The van der Waals surface area contributed by atoms with E-state index in [1.54, 1.807) is 12.1 Å². The minimum Gasteiger partial charge on any atom is -0.450 e. The van der Waals surface area contributed by atoms with E-state index in [4.69, 9.17) is 9.15 Å². The number of ether oxygens (including phenoxy) is 1. The molecular formula is C23H25N3O4. The standard InChI is InChI=1S/C23H25N3O4/c1-2-25-11-13-26(14-12-25)19-9-7-18(8-10-19)24-22(27)16-29-23(28)21-15-17-5-3-4-6-20(17)30-21/h3-10,15H,2,11-14,16H2,1H3,(H,24,27). The van der Waals surface area contributed by atoms with Crippen LogP contribution in [0.2, 0.25) is 0 Å². The summed E-state index contributed by atoms with van der Waals surface area (Å²) >= 11 is 0. The molecule has 0 unspecified atom stereocenters. The fraction of sp³-hybridized carbons (Fsp3) is 0.304. The van der Waals surface area contributed by atoms with Crippen LogP contribution in [0, 0.1) is 0 Å². The lowest BCUT2D eigenvalue weighted by molar-refractivity contribution is -0.119. The Balaban J connectivity index is 1.27. The molecule has 0 bridgehead atoms. The highest BCUT2D eigenvalue weighted by molar-refractivity contribution is 5.96. The molecule has 3 aromatic rings. The van der Waals surface area contributed by atoms with Crippen molar-refractivity contribution in [3.05, 3.63) is 60.4 Å². The molecule has 0 saturated carbocycles. The molecule has 4 rings (SSSR count). The van der Waals surface area contributed by atoms with E-state index in [-0.39, 0.29) is 12.4 Å². The van der Waals surface area contributed by atoms with Crippen LogP contribution in [0.3, 0.4) is 0 Å². The lowest BCUT2D eigenvalue weighted by Crippen LogP contribution is -2.46. The maximum Gasteiger partial charge on any atom is 0.374 e. The molecule has 30 heavy (non-hydrogen) atoms. The summed E-state index contributed by atoms with van der Waals surface area (Å²) in [5.41, 5.74) is 2.40. The minimum atomic E-state index is -0.664. The van der Waals surface area contributed by atoms with Gasteiger partial charge in [0.15, 0.2) is 6.61 Å². The van der Waals surface area contributed by atoms with Crippen molar-refractivity contribution >= 4 is 34.2 Å². The van der Waals surface area contributed by atoms with E-state index in [1.165, 1.54) is 0 Å². The van der Waals surface area contributed by atoms with Gasteiger partial charge in [-0.3, -0.25) is 4.79 Å². The van der Waals surface area contributed by atoms with Gasteiger partial charge in [-0.05, 0) is 42.9 Å². The number of hydrogen-bond donors (Lipinski definition) is 1. The topological polar surface area (TPSA) is 75.0 Å². The summed E-state index contributed by atoms with van der Waals surface area (Å²) in [6, 6.07) is 16.6. The first-order chi connectivity index (χ1) is 14.6. The number of rotatable bonds is 6. The molecule has 156 valence electrons. The molecule has 2 aromatic carbocycles. The molecular weight excluding hydrogens is 382 g/mol. The van der Waals surface area contributed by atoms with E-state index in [2.05, 4.69) is 22.0 Å². The summed E-state index contributed by atoms with van der Waals surface area (Å²) in [5, 5.41) is 3.56. The first-order valence-electron chi connectivity index (χ1n) is 10.2. The fourth-order valence-electron chi connectivity index (χ4n) is 3.56. The van der Waals surface area contributed by atoms with E-state index in [0.29, 0.717) is 11.3 Å². The third kappa shape index (κ3) is 4.63. The van der Waals surface area contributed by atoms with Gasteiger partial charge in [-0.1, -0.05) is 25.1 Å². The first-order valence-corrected chi connectivity index (χ1v) is 10.2. The quantitative estimate of drug-likeness (QED) is 0.632. The van der Waals surface area contributed by atoms with Gasteiger partial charge in [0.2, 0.25) is 5.76 Å². The summed E-state index contributed by atoms with van der Waals surface area (Å²) in [6.07, 6.45) is 0. The van der Waals surface area contributed by atoms with Crippen LogP contribution in [0.1, 0.15) is 17.5 Å². The van der Waals surface area contributed by atoms with E-state index >= 15 is 0 Å². The van der Waals surface area contributed by atoms with Gasteiger partial charge in [-0.25, -0.2) is 4.79 Å². The highest BCUT2D eigenvalue weighted by atomic mass is 16.5. The van der Waals surface area contributed by atoms with Gasteiger partial charge in [0.1, 0.15) is 5.58 Å². The summed E-state index contributed by atoms with van der Waals surface area (Å²) < 4.78 is 10.5.